The van der Waals surface area contributed by atoms with Gasteiger partial charge >= 0.3 is 0 Å². The molecule has 0 unspecified atom stereocenters. The first-order valence-electron chi connectivity index (χ1n) is 2.01. The van der Waals surface area contributed by atoms with Gasteiger partial charge in [0.2, 0.25) is 0 Å². The molecule has 1 N–H and O–H groups in total. The number of nitrogens with one attached hydrogen (secondary N) is 1. The maximum absolute atomic E-state index is 9.80. The van der Waals surface area contributed by atoms with E-state index in [1.807, 2.05) is 0 Å². The first-order chi connectivity index (χ1) is 3.83. The lowest BCUT2D eigenvalue weighted by Gasteiger charge is -1.99. The number of hydrogen-bond donors (Lipinski definition) is 1. The van der Waals surface area contributed by atoms with E-state index in [1.54, 1.807) is 12.4 Å². The number of nitrogens with zero attached hydrogens (tertiary/aromatic N) is 2. The van der Waals surface area contributed by atoms with Gasteiger partial charge in [-0.05, 0) is 6.92 Å². The smallest absolute Gasteiger partial charge is 0.195 e. The van der Waals surface area contributed by atoms with Gasteiger partial charge in [-0.15, -0.1) is 10.2 Å². The van der Waals surface area contributed by atoms with Crippen LogP contribution in [0, 0.1) is 12.1 Å². The molecule has 44 valence electrons. The first kappa shape index (κ1) is 5.46. The highest BCUT2D eigenvalue weighted by molar-refractivity contribution is 7.15. The van der Waals surface area contributed by atoms with Crippen molar-refractivity contribution in [1.82, 2.24) is 10.2 Å². The standard InChI is InChI=1S/C3H4N3OS/c1-2-4-5-3(6-7)8-2/h1H3,(H-,5,6,7)/q-1. The summed E-state index contributed by atoms with van der Waals surface area (Å²) in [4.78, 5) is 0. The highest BCUT2D eigenvalue weighted by Gasteiger charge is 1.90. The quantitative estimate of drug-likeness (QED) is 0.570. The average molecular weight is 130 g/mol. The van der Waals surface area contributed by atoms with Crippen LogP contribution >= 0.6 is 11.3 Å². The highest BCUT2D eigenvalue weighted by atomic mass is 32.1. The van der Waals surface area contributed by atoms with Gasteiger partial charge < -0.3 is 10.7 Å². The Kier molecular flexibility index (Phi) is 1.40. The summed E-state index contributed by atoms with van der Waals surface area (Å²) in [6.07, 6.45) is 0. The Balaban J connectivity index is 2.84. The summed E-state index contributed by atoms with van der Waals surface area (Å²) in [5, 5.41) is 18.0. The molecular weight excluding hydrogens is 126 g/mol. The number of rotatable bonds is 1. The van der Waals surface area contributed by atoms with Crippen molar-refractivity contribution in [2.24, 2.45) is 0 Å². The Bertz CT molecular complexity index is 175. The fraction of sp³-hybridized carbons (Fsp3) is 0.333. The molecule has 0 saturated heterocycles. The minimum Gasteiger partial charge on any atom is -0.759 e. The van der Waals surface area contributed by atoms with Gasteiger partial charge in [-0.2, -0.15) is 0 Å². The van der Waals surface area contributed by atoms with Gasteiger partial charge in [0.1, 0.15) is 5.01 Å². The van der Waals surface area contributed by atoms with Crippen molar-refractivity contribution in [2.75, 3.05) is 5.48 Å². The molecule has 1 rings (SSSR count). The summed E-state index contributed by atoms with van der Waals surface area (Å²) in [7, 11) is 0. The van der Waals surface area contributed by atoms with E-state index < -0.39 is 0 Å². The number of hydrogen-bond acceptors (Lipinski definition) is 5. The third kappa shape index (κ3) is 0.932. The normalized spacial score (nSPS) is 9.25. The topological polar surface area (TPSA) is 60.9 Å². The number of aromatic nitrogens is 2. The third-order valence-corrected chi connectivity index (χ3v) is 1.35. The zero-order valence-corrected chi connectivity index (χ0v) is 5.03. The van der Waals surface area contributed by atoms with Crippen LogP contribution in [0.25, 0.3) is 0 Å². The molecule has 4 nitrogen and oxygen atoms in total. The summed E-state index contributed by atoms with van der Waals surface area (Å²) < 4.78 is 0. The summed E-state index contributed by atoms with van der Waals surface area (Å²) in [5.74, 6) is 0. The SMILES string of the molecule is Cc1nnc(N[O-])s1. The number of aryl methyl sites for hydroxylation is 1. The van der Waals surface area contributed by atoms with E-state index in [1.165, 1.54) is 11.3 Å². The lowest BCUT2D eigenvalue weighted by atomic mass is 10.9. The number of anilines is 1. The second kappa shape index (κ2) is 2.06. The molecule has 8 heavy (non-hydrogen) atoms. The second-order valence-corrected chi connectivity index (χ2v) is 2.41. The molecule has 0 spiro atoms. The van der Waals surface area contributed by atoms with Crippen molar-refractivity contribution >= 4 is 16.5 Å². The first-order valence-corrected chi connectivity index (χ1v) is 2.83. The highest BCUT2D eigenvalue weighted by Crippen LogP contribution is 2.11. The fourth-order valence-corrected chi connectivity index (χ4v) is 0.823. The van der Waals surface area contributed by atoms with E-state index in [9.17, 15) is 5.21 Å². The van der Waals surface area contributed by atoms with E-state index in [4.69, 9.17) is 0 Å². The summed E-state index contributed by atoms with van der Waals surface area (Å²) >= 11 is 1.24. The molecule has 0 aliphatic rings. The molecule has 0 bridgehead atoms. The Labute approximate surface area is 50.1 Å². The van der Waals surface area contributed by atoms with E-state index in [2.05, 4.69) is 10.2 Å². The molecule has 0 aliphatic heterocycles. The molecule has 1 aromatic rings. The lowest BCUT2D eigenvalue weighted by Crippen LogP contribution is -1.81. The molecule has 0 aliphatic carbocycles. The lowest BCUT2D eigenvalue weighted by molar-refractivity contribution is 1.05. The van der Waals surface area contributed by atoms with E-state index >= 15 is 0 Å². The summed E-state index contributed by atoms with van der Waals surface area (Å²) in [6, 6.07) is 0. The van der Waals surface area contributed by atoms with Crippen LogP contribution in [0.5, 0.6) is 0 Å². The molecular formula is C3H4N3OS-. The van der Waals surface area contributed by atoms with Crippen molar-refractivity contribution in [2.45, 2.75) is 6.92 Å². The van der Waals surface area contributed by atoms with E-state index in [-0.39, 0.29) is 0 Å². The fourth-order valence-electron chi connectivity index (χ4n) is 0.338. The summed E-state index contributed by atoms with van der Waals surface area (Å²) in [6.45, 7) is 1.79. The molecule has 0 saturated carbocycles. The molecule has 0 radical (unpaired) electrons. The minimum absolute atomic E-state index is 0.322. The monoisotopic (exact) mass is 130 g/mol. The van der Waals surface area contributed by atoms with Crippen LogP contribution in [0.15, 0.2) is 0 Å². The zero-order chi connectivity index (χ0) is 5.98. The Hall–Kier alpha value is -0.680. The van der Waals surface area contributed by atoms with Crippen molar-refractivity contribution in [3.63, 3.8) is 0 Å². The van der Waals surface area contributed by atoms with Gasteiger partial charge in [-0.3, -0.25) is 0 Å². The van der Waals surface area contributed by atoms with Crippen LogP contribution in [0.1, 0.15) is 5.01 Å². The predicted octanol–water partition coefficient (Wildman–Crippen LogP) is 0.756. The molecule has 1 heterocycles. The molecule has 0 fully saturated rings. The predicted molar refractivity (Wildman–Crippen MR) is 31.6 cm³/mol. The Morgan fingerprint density at radius 2 is 2.38 bits per heavy atom. The van der Waals surface area contributed by atoms with Crippen molar-refractivity contribution in [1.29, 1.82) is 0 Å². The largest absolute Gasteiger partial charge is 0.759 e. The van der Waals surface area contributed by atoms with Gasteiger partial charge in [0.05, 0.1) is 0 Å². The van der Waals surface area contributed by atoms with Crippen LogP contribution in [-0.2, 0) is 0 Å². The molecule has 0 aromatic carbocycles. The third-order valence-electron chi connectivity index (χ3n) is 0.613. The van der Waals surface area contributed by atoms with Gasteiger partial charge in [0.15, 0.2) is 5.13 Å². The summed E-state index contributed by atoms with van der Waals surface area (Å²) in [5.41, 5.74) is 1.64. The van der Waals surface area contributed by atoms with E-state index in [0.29, 0.717) is 5.13 Å². The van der Waals surface area contributed by atoms with Crippen molar-refractivity contribution in [3.8, 4) is 0 Å². The molecule has 0 atom stereocenters. The van der Waals surface area contributed by atoms with Crippen LogP contribution in [-0.4, -0.2) is 10.2 Å². The molecule has 5 heteroatoms. The average Bonchev–Trinajstić information content (AvgIpc) is 2.14. The van der Waals surface area contributed by atoms with Crippen LogP contribution < -0.4 is 5.48 Å². The van der Waals surface area contributed by atoms with Gasteiger partial charge in [-0.25, -0.2) is 0 Å². The van der Waals surface area contributed by atoms with Crippen molar-refractivity contribution in [3.05, 3.63) is 10.2 Å². The Morgan fingerprint density at radius 1 is 1.62 bits per heavy atom. The van der Waals surface area contributed by atoms with Crippen LogP contribution in [0.2, 0.25) is 0 Å². The van der Waals surface area contributed by atoms with Crippen LogP contribution in [0.4, 0.5) is 5.13 Å². The maximum Gasteiger partial charge on any atom is 0.195 e. The molecule has 0 amide bonds. The Morgan fingerprint density at radius 3 is 2.62 bits per heavy atom. The van der Waals surface area contributed by atoms with Crippen LogP contribution in [0.3, 0.4) is 0 Å². The second-order valence-electron chi connectivity index (χ2n) is 1.23. The zero-order valence-electron chi connectivity index (χ0n) is 4.21. The van der Waals surface area contributed by atoms with Gasteiger partial charge in [0.25, 0.3) is 0 Å². The minimum atomic E-state index is 0.322. The van der Waals surface area contributed by atoms with Gasteiger partial charge in [-0.1, -0.05) is 11.3 Å². The maximum atomic E-state index is 9.80. The molecule has 1 aromatic heterocycles. The van der Waals surface area contributed by atoms with E-state index in [0.717, 1.165) is 5.01 Å². The van der Waals surface area contributed by atoms with Crippen molar-refractivity contribution < 1.29 is 0 Å². The van der Waals surface area contributed by atoms with Gasteiger partial charge in [0, 0.05) is 0 Å².